The third kappa shape index (κ3) is 31.5. The predicted molar refractivity (Wildman–Crippen MR) is 77.6 cm³/mol. The van der Waals surface area contributed by atoms with Gasteiger partial charge in [0.1, 0.15) is 0 Å². The zero-order valence-electron chi connectivity index (χ0n) is 13.5. The lowest BCUT2D eigenvalue weighted by Crippen LogP contribution is -2.15. The summed E-state index contributed by atoms with van der Waals surface area (Å²) in [6.07, 6.45) is 2.55. The minimum absolute atomic E-state index is 0.509. The van der Waals surface area contributed by atoms with E-state index in [2.05, 4.69) is 48.5 Å². The van der Waals surface area contributed by atoms with E-state index in [1.807, 2.05) is 27.7 Å². The van der Waals surface area contributed by atoms with Crippen LogP contribution in [-0.4, -0.2) is 0 Å². The Morgan fingerprint density at radius 3 is 1.00 bits per heavy atom. The summed E-state index contributed by atoms with van der Waals surface area (Å²) in [5, 5.41) is 0. The van der Waals surface area contributed by atoms with Crippen molar-refractivity contribution in [1.82, 2.24) is 0 Å². The SMILES string of the molecule is CC.CC.CCC.CCC(C)C(C)(C)C. The van der Waals surface area contributed by atoms with Gasteiger partial charge in [-0.1, -0.05) is 89.0 Å². The Labute approximate surface area is 101 Å². The van der Waals surface area contributed by atoms with Crippen molar-refractivity contribution >= 4 is 0 Å². The highest BCUT2D eigenvalue weighted by atomic mass is 14.2. The molecule has 0 radical (unpaired) electrons. The van der Waals surface area contributed by atoms with E-state index in [4.69, 9.17) is 0 Å². The van der Waals surface area contributed by atoms with Gasteiger partial charge in [-0.15, -0.1) is 0 Å². The molecule has 0 saturated carbocycles. The molecule has 0 amide bonds. The maximum absolute atomic E-state index is 2.31. The Hall–Kier alpha value is 0. The van der Waals surface area contributed by atoms with Crippen LogP contribution < -0.4 is 0 Å². The summed E-state index contributed by atoms with van der Waals surface area (Å²) in [7, 11) is 0. The summed E-state index contributed by atoms with van der Waals surface area (Å²) in [4.78, 5) is 0. The van der Waals surface area contributed by atoms with Crippen LogP contribution in [-0.2, 0) is 0 Å². The maximum Gasteiger partial charge on any atom is -0.0357 e. The van der Waals surface area contributed by atoms with Crippen LogP contribution in [0.4, 0.5) is 0 Å². The molecule has 0 nitrogen and oxygen atoms in total. The first-order valence-corrected chi connectivity index (χ1v) is 6.90. The molecule has 1 unspecified atom stereocenters. The molecule has 0 fully saturated rings. The van der Waals surface area contributed by atoms with E-state index in [-0.39, 0.29) is 0 Å². The highest BCUT2D eigenvalue weighted by Gasteiger charge is 2.16. The van der Waals surface area contributed by atoms with E-state index in [1.54, 1.807) is 0 Å². The standard InChI is InChI=1S/C8H18.C3H8.2C2H6/c1-6-7(2)8(3,4)5;1-3-2;2*1-2/h7H,6H2,1-5H3;3H2,1-2H3;2*1-2H3. The van der Waals surface area contributed by atoms with Crippen LogP contribution in [0.2, 0.25) is 0 Å². The van der Waals surface area contributed by atoms with E-state index in [0.29, 0.717) is 5.41 Å². The van der Waals surface area contributed by atoms with Crippen LogP contribution in [0.1, 0.15) is 89.0 Å². The van der Waals surface area contributed by atoms with Crippen molar-refractivity contribution in [2.75, 3.05) is 0 Å². The second-order valence-electron chi connectivity index (χ2n) is 4.38. The van der Waals surface area contributed by atoms with Crippen molar-refractivity contribution in [2.24, 2.45) is 11.3 Å². The topological polar surface area (TPSA) is 0 Å². The lowest BCUT2D eigenvalue weighted by atomic mass is 9.81. The Kier molecular flexibility index (Phi) is 31.7. The van der Waals surface area contributed by atoms with Gasteiger partial charge in [-0.3, -0.25) is 0 Å². The second-order valence-corrected chi connectivity index (χ2v) is 4.38. The van der Waals surface area contributed by atoms with E-state index < -0.39 is 0 Å². The van der Waals surface area contributed by atoms with Crippen molar-refractivity contribution in [1.29, 1.82) is 0 Å². The molecule has 15 heavy (non-hydrogen) atoms. The van der Waals surface area contributed by atoms with Crippen LogP contribution in [0, 0.1) is 11.3 Å². The van der Waals surface area contributed by atoms with Crippen molar-refractivity contribution in [2.45, 2.75) is 89.0 Å². The minimum atomic E-state index is 0.509. The molecule has 0 bridgehead atoms. The lowest BCUT2D eigenvalue weighted by molar-refractivity contribution is 0.254. The fraction of sp³-hybridized carbons (Fsp3) is 1.00. The van der Waals surface area contributed by atoms with Crippen molar-refractivity contribution in [3.8, 4) is 0 Å². The maximum atomic E-state index is 2.31. The van der Waals surface area contributed by atoms with Crippen molar-refractivity contribution < 1.29 is 0 Å². The first kappa shape index (κ1) is 24.3. The van der Waals surface area contributed by atoms with Crippen LogP contribution in [0.3, 0.4) is 0 Å². The Bertz CT molecular complexity index is 66.6. The Morgan fingerprint density at radius 2 is 1.00 bits per heavy atom. The summed E-state index contributed by atoms with van der Waals surface area (Å²) in [6.45, 7) is 23.7. The summed E-state index contributed by atoms with van der Waals surface area (Å²) >= 11 is 0. The van der Waals surface area contributed by atoms with E-state index >= 15 is 0 Å². The summed E-state index contributed by atoms with van der Waals surface area (Å²) in [5.74, 6) is 0.850. The zero-order chi connectivity index (χ0) is 13.5. The monoisotopic (exact) mass is 218 g/mol. The molecule has 0 aromatic rings. The fourth-order valence-corrected chi connectivity index (χ4v) is 0.612. The van der Waals surface area contributed by atoms with E-state index in [1.165, 1.54) is 12.8 Å². The van der Waals surface area contributed by atoms with Gasteiger partial charge >= 0.3 is 0 Å². The molecule has 0 N–H and O–H groups in total. The molecule has 98 valence electrons. The Morgan fingerprint density at radius 1 is 0.800 bits per heavy atom. The molecule has 0 rings (SSSR count). The van der Waals surface area contributed by atoms with Gasteiger partial charge in [-0.05, 0) is 11.3 Å². The zero-order valence-corrected chi connectivity index (χ0v) is 13.5. The number of rotatable bonds is 1. The van der Waals surface area contributed by atoms with Gasteiger partial charge in [-0.2, -0.15) is 0 Å². The normalized spacial score (nSPS) is 10.6. The van der Waals surface area contributed by atoms with Gasteiger partial charge in [0, 0.05) is 0 Å². The average Bonchev–Trinajstić information content (AvgIpc) is 2.22. The Balaban J connectivity index is -0.0000000726. The van der Waals surface area contributed by atoms with Crippen molar-refractivity contribution in [3.63, 3.8) is 0 Å². The molecular weight excluding hydrogens is 180 g/mol. The lowest BCUT2D eigenvalue weighted by Gasteiger charge is -2.25. The first-order chi connectivity index (χ1) is 6.90. The van der Waals surface area contributed by atoms with Crippen LogP contribution in [0.5, 0.6) is 0 Å². The van der Waals surface area contributed by atoms with Crippen LogP contribution >= 0.6 is 0 Å². The predicted octanol–water partition coefficient (Wildman–Crippen LogP) is 6.55. The van der Waals surface area contributed by atoms with Gasteiger partial charge in [-0.25, -0.2) is 0 Å². The second kappa shape index (κ2) is 19.6. The molecule has 1 atom stereocenters. The average molecular weight is 218 g/mol. The van der Waals surface area contributed by atoms with Crippen LogP contribution in [0.15, 0.2) is 0 Å². The van der Waals surface area contributed by atoms with Crippen LogP contribution in [0.25, 0.3) is 0 Å². The van der Waals surface area contributed by atoms with Gasteiger partial charge in [0.25, 0.3) is 0 Å². The number of hydrogen-bond acceptors (Lipinski definition) is 0. The molecule has 0 aliphatic carbocycles. The fourth-order valence-electron chi connectivity index (χ4n) is 0.612. The molecule has 0 aliphatic heterocycles. The van der Waals surface area contributed by atoms with Gasteiger partial charge in [0.15, 0.2) is 0 Å². The van der Waals surface area contributed by atoms with Gasteiger partial charge in [0.05, 0.1) is 0 Å². The summed E-state index contributed by atoms with van der Waals surface area (Å²) in [6, 6.07) is 0. The molecular formula is C15H38. The molecule has 0 heteroatoms. The van der Waals surface area contributed by atoms with Gasteiger partial charge in [0.2, 0.25) is 0 Å². The molecule has 0 spiro atoms. The summed E-state index contributed by atoms with van der Waals surface area (Å²) in [5.41, 5.74) is 0.509. The number of hydrogen-bond donors (Lipinski definition) is 0. The molecule has 0 aliphatic rings. The highest BCUT2D eigenvalue weighted by Crippen LogP contribution is 2.27. The molecule has 0 aromatic carbocycles. The summed E-state index contributed by atoms with van der Waals surface area (Å²) < 4.78 is 0. The van der Waals surface area contributed by atoms with E-state index in [9.17, 15) is 0 Å². The molecule has 0 heterocycles. The van der Waals surface area contributed by atoms with Gasteiger partial charge < -0.3 is 0 Å². The largest absolute Gasteiger partial charge is 0.0683 e. The smallest absolute Gasteiger partial charge is 0.0357 e. The third-order valence-corrected chi connectivity index (χ3v) is 2.09. The molecule has 0 aromatic heterocycles. The third-order valence-electron chi connectivity index (χ3n) is 2.09. The first-order valence-electron chi connectivity index (χ1n) is 6.90. The molecule has 0 saturated heterocycles. The highest BCUT2D eigenvalue weighted by molar-refractivity contribution is 4.67. The van der Waals surface area contributed by atoms with Crippen molar-refractivity contribution in [3.05, 3.63) is 0 Å². The minimum Gasteiger partial charge on any atom is -0.0683 e. The van der Waals surface area contributed by atoms with E-state index in [0.717, 1.165) is 5.92 Å². The quantitative estimate of drug-likeness (QED) is 0.468.